The first-order chi connectivity index (χ1) is 16.9. The number of thioether (sulfide) groups is 1. The number of rotatable bonds is 9. The summed E-state index contributed by atoms with van der Waals surface area (Å²) in [5.74, 6) is 1.01. The average Bonchev–Trinajstić information content (AvgIpc) is 3.12. The van der Waals surface area contributed by atoms with E-state index in [1.165, 1.54) is 16.2 Å². The van der Waals surface area contributed by atoms with E-state index in [9.17, 15) is 9.59 Å². The van der Waals surface area contributed by atoms with Gasteiger partial charge in [0.05, 0.1) is 24.1 Å². The van der Waals surface area contributed by atoms with Gasteiger partial charge in [-0.15, -0.1) is 0 Å². The van der Waals surface area contributed by atoms with Crippen molar-refractivity contribution in [2.24, 2.45) is 0 Å². The Hall–Kier alpha value is -3.17. The number of carbonyl (C=O) groups excluding carboxylic acids is 1. The monoisotopic (exact) mass is 508 g/mol. The normalized spacial score (nSPS) is 14.8. The Morgan fingerprint density at radius 1 is 1.14 bits per heavy atom. The van der Waals surface area contributed by atoms with Crippen molar-refractivity contribution in [2.75, 3.05) is 19.0 Å². The molecule has 1 N–H and O–H groups in total. The van der Waals surface area contributed by atoms with E-state index in [1.807, 2.05) is 43.3 Å². The number of unbranched alkanes of at least 4 members (excludes halogenated alkanes) is 2. The summed E-state index contributed by atoms with van der Waals surface area (Å²) in [4.78, 5) is 33.4. The first kappa shape index (κ1) is 24.9. The third-order valence-corrected chi connectivity index (χ3v) is 7.10. The first-order valence-corrected chi connectivity index (χ1v) is 12.8. The van der Waals surface area contributed by atoms with Crippen LogP contribution in [0.25, 0.3) is 11.7 Å². The summed E-state index contributed by atoms with van der Waals surface area (Å²) in [5.41, 5.74) is 2.57. The van der Waals surface area contributed by atoms with Gasteiger partial charge in [0.2, 0.25) is 0 Å². The van der Waals surface area contributed by atoms with Gasteiger partial charge in [-0.2, -0.15) is 0 Å². The number of anilines is 1. The Labute approximate surface area is 214 Å². The van der Waals surface area contributed by atoms with Crippen LogP contribution in [0.5, 0.6) is 5.75 Å². The number of methoxy groups -OCH3 is 1. The lowest BCUT2D eigenvalue weighted by Gasteiger charge is -2.14. The van der Waals surface area contributed by atoms with Gasteiger partial charge in [0, 0.05) is 12.7 Å². The summed E-state index contributed by atoms with van der Waals surface area (Å²) in [6.45, 7) is 5.11. The highest BCUT2D eigenvalue weighted by Gasteiger charge is 2.32. The van der Waals surface area contributed by atoms with Crippen LogP contribution in [-0.2, 0) is 11.3 Å². The largest absolute Gasteiger partial charge is 0.497 e. The minimum absolute atomic E-state index is 0.221. The number of hydrogen-bond donors (Lipinski definition) is 1. The fourth-order valence-corrected chi connectivity index (χ4v) is 5.02. The fraction of sp³-hybridized carbons (Fsp3) is 0.308. The molecule has 0 radical (unpaired) electrons. The zero-order chi connectivity index (χ0) is 24.9. The Kier molecular flexibility index (Phi) is 7.87. The number of benzene rings is 1. The van der Waals surface area contributed by atoms with Crippen molar-refractivity contribution < 1.29 is 9.53 Å². The lowest BCUT2D eigenvalue weighted by molar-refractivity contribution is -0.122. The minimum atomic E-state index is -0.225. The fourth-order valence-electron chi connectivity index (χ4n) is 3.79. The van der Waals surface area contributed by atoms with Gasteiger partial charge in [-0.1, -0.05) is 61.9 Å². The molecule has 35 heavy (non-hydrogen) atoms. The van der Waals surface area contributed by atoms with Crippen molar-refractivity contribution >= 4 is 51.7 Å². The molecule has 0 spiro atoms. The van der Waals surface area contributed by atoms with Crippen LogP contribution in [0.15, 0.2) is 52.3 Å². The van der Waals surface area contributed by atoms with E-state index in [0.717, 1.165) is 36.1 Å². The predicted molar refractivity (Wildman–Crippen MR) is 146 cm³/mol. The van der Waals surface area contributed by atoms with Crippen LogP contribution >= 0.6 is 24.0 Å². The van der Waals surface area contributed by atoms with Gasteiger partial charge in [0.15, 0.2) is 0 Å². The Morgan fingerprint density at radius 2 is 1.91 bits per heavy atom. The van der Waals surface area contributed by atoms with Crippen LogP contribution in [0.4, 0.5) is 5.82 Å². The van der Waals surface area contributed by atoms with Crippen molar-refractivity contribution in [1.82, 2.24) is 14.3 Å². The van der Waals surface area contributed by atoms with Gasteiger partial charge < -0.3 is 10.1 Å². The number of nitrogens with zero attached hydrogens (tertiary/aromatic N) is 3. The smallest absolute Gasteiger partial charge is 0.267 e. The van der Waals surface area contributed by atoms with Crippen molar-refractivity contribution in [2.45, 2.75) is 39.7 Å². The molecule has 3 aromatic rings. The first-order valence-electron chi connectivity index (χ1n) is 11.6. The van der Waals surface area contributed by atoms with Gasteiger partial charge in [-0.25, -0.2) is 4.98 Å². The van der Waals surface area contributed by atoms with E-state index in [1.54, 1.807) is 24.3 Å². The maximum absolute atomic E-state index is 13.5. The van der Waals surface area contributed by atoms with Crippen LogP contribution in [0.1, 0.15) is 42.9 Å². The van der Waals surface area contributed by atoms with E-state index in [2.05, 4.69) is 12.2 Å². The maximum Gasteiger partial charge on any atom is 0.267 e. The van der Waals surface area contributed by atoms with Gasteiger partial charge in [0.1, 0.15) is 21.5 Å². The van der Waals surface area contributed by atoms with Crippen LogP contribution in [0.2, 0.25) is 0 Å². The zero-order valence-electron chi connectivity index (χ0n) is 20.0. The molecule has 0 aliphatic carbocycles. The van der Waals surface area contributed by atoms with E-state index in [4.69, 9.17) is 21.9 Å². The van der Waals surface area contributed by atoms with Crippen molar-refractivity contribution in [3.63, 3.8) is 0 Å². The second-order valence-corrected chi connectivity index (χ2v) is 10.0. The molecule has 1 amide bonds. The quantitative estimate of drug-likeness (QED) is 0.247. The van der Waals surface area contributed by atoms with Gasteiger partial charge in [-0.3, -0.25) is 18.9 Å². The van der Waals surface area contributed by atoms with Gasteiger partial charge in [0.25, 0.3) is 11.5 Å². The highest BCUT2D eigenvalue weighted by Crippen LogP contribution is 2.34. The third kappa shape index (κ3) is 5.57. The number of ether oxygens (including phenoxy) is 1. The standard InChI is InChI=1S/C26H28N4O3S2/c1-4-5-6-13-27-23-20(24(31)29-15-17(2)7-12-22(29)28-23)14-21-25(32)30(26(34)35-21)16-18-8-10-19(33-3)11-9-18/h7-12,14-15,27H,4-6,13,16H2,1-3H3. The topological polar surface area (TPSA) is 75.9 Å². The molecule has 0 bridgehead atoms. The highest BCUT2D eigenvalue weighted by molar-refractivity contribution is 8.26. The number of carbonyl (C=O) groups is 1. The number of fused-ring (bicyclic) bond motifs is 1. The van der Waals surface area contributed by atoms with E-state index in [-0.39, 0.29) is 11.5 Å². The number of nitrogens with one attached hydrogen (secondary N) is 1. The molecule has 7 nitrogen and oxygen atoms in total. The number of thiocarbonyl (C=S) groups is 1. The molecule has 3 heterocycles. The average molecular weight is 509 g/mol. The van der Waals surface area contributed by atoms with Crippen LogP contribution in [0.3, 0.4) is 0 Å². The highest BCUT2D eigenvalue weighted by atomic mass is 32.2. The third-order valence-electron chi connectivity index (χ3n) is 5.73. The maximum atomic E-state index is 13.5. The lowest BCUT2D eigenvalue weighted by Crippen LogP contribution is -2.27. The minimum Gasteiger partial charge on any atom is -0.497 e. The molecule has 1 fully saturated rings. The molecule has 1 saturated heterocycles. The summed E-state index contributed by atoms with van der Waals surface area (Å²) in [6.07, 6.45) is 6.53. The summed E-state index contributed by atoms with van der Waals surface area (Å²) in [7, 11) is 1.61. The van der Waals surface area contributed by atoms with Crippen LogP contribution in [-0.4, -0.2) is 38.2 Å². The van der Waals surface area contributed by atoms with Gasteiger partial charge >= 0.3 is 0 Å². The van der Waals surface area contributed by atoms with E-state index in [0.29, 0.717) is 39.3 Å². The second kappa shape index (κ2) is 11.0. The van der Waals surface area contributed by atoms with Crippen molar-refractivity contribution in [3.05, 3.63) is 74.5 Å². The number of pyridine rings is 1. The summed E-state index contributed by atoms with van der Waals surface area (Å²) >= 11 is 6.71. The van der Waals surface area contributed by atoms with Crippen LogP contribution in [0, 0.1) is 6.92 Å². The summed E-state index contributed by atoms with van der Waals surface area (Å²) < 4.78 is 7.19. The Balaban J connectivity index is 1.67. The van der Waals surface area contributed by atoms with Crippen LogP contribution < -0.4 is 15.6 Å². The Morgan fingerprint density at radius 3 is 2.63 bits per heavy atom. The molecule has 1 aliphatic rings. The summed E-state index contributed by atoms with van der Waals surface area (Å²) in [6, 6.07) is 11.3. The molecule has 1 aliphatic heterocycles. The van der Waals surface area contributed by atoms with Crippen molar-refractivity contribution in [3.8, 4) is 5.75 Å². The predicted octanol–water partition coefficient (Wildman–Crippen LogP) is 5.02. The number of aryl methyl sites for hydroxylation is 1. The molecule has 4 rings (SSSR count). The molecule has 9 heteroatoms. The molecule has 182 valence electrons. The lowest BCUT2D eigenvalue weighted by atomic mass is 10.2. The molecule has 2 aromatic heterocycles. The van der Waals surface area contributed by atoms with E-state index >= 15 is 0 Å². The van der Waals surface area contributed by atoms with Gasteiger partial charge in [-0.05, 0) is 48.7 Å². The van der Waals surface area contributed by atoms with Crippen molar-refractivity contribution in [1.29, 1.82) is 0 Å². The molecular formula is C26H28N4O3S2. The summed E-state index contributed by atoms with van der Waals surface area (Å²) in [5, 5.41) is 3.31. The number of hydrogen-bond acceptors (Lipinski definition) is 7. The number of aromatic nitrogens is 2. The van der Waals surface area contributed by atoms with E-state index < -0.39 is 0 Å². The molecule has 0 unspecified atom stereocenters. The zero-order valence-corrected chi connectivity index (χ0v) is 21.7. The molecular weight excluding hydrogens is 480 g/mol. The molecule has 1 aromatic carbocycles. The molecule has 0 saturated carbocycles. The SMILES string of the molecule is CCCCCNc1nc2ccc(C)cn2c(=O)c1C=C1SC(=S)N(Cc2ccc(OC)cc2)C1=O. The molecule has 0 atom stereocenters. The second-order valence-electron chi connectivity index (χ2n) is 8.36. The Bertz CT molecular complexity index is 1350. The number of amides is 1.